The molecule has 0 spiro atoms. The van der Waals surface area contributed by atoms with Gasteiger partial charge in [0.2, 0.25) is 0 Å². The number of benzene rings is 4. The number of anilines is 4. The van der Waals surface area contributed by atoms with Crippen LogP contribution < -0.4 is 9.80 Å². The van der Waals surface area contributed by atoms with Crippen LogP contribution in [0.1, 0.15) is 64.4 Å². The summed E-state index contributed by atoms with van der Waals surface area (Å²) in [5.74, 6) is 0.311. The van der Waals surface area contributed by atoms with Crippen LogP contribution in [-0.2, 0) is 17.3 Å². The van der Waals surface area contributed by atoms with E-state index >= 15 is 4.39 Å². The summed E-state index contributed by atoms with van der Waals surface area (Å²) in [7, 11) is 3.98. The van der Waals surface area contributed by atoms with Crippen molar-refractivity contribution < 1.29 is 8.91 Å². The molecule has 2 aliphatic rings. The highest BCUT2D eigenvalue weighted by atomic mass is 19.1. The molecule has 2 heterocycles. The lowest BCUT2D eigenvalue weighted by atomic mass is 9.90. The maximum absolute atomic E-state index is 16.3. The van der Waals surface area contributed by atoms with Gasteiger partial charge >= 0.3 is 0 Å². The number of aromatic nitrogens is 3. The molecular formula is C46H44FN7O. The van der Waals surface area contributed by atoms with Gasteiger partial charge in [-0.05, 0) is 130 Å². The van der Waals surface area contributed by atoms with E-state index in [1.54, 1.807) is 12.1 Å². The minimum Gasteiger partial charge on any atom is -0.361 e. The van der Waals surface area contributed by atoms with Crippen LogP contribution in [0.3, 0.4) is 0 Å². The van der Waals surface area contributed by atoms with Crippen LogP contribution in [0.5, 0.6) is 0 Å². The average molecular weight is 730 g/mol. The zero-order valence-corrected chi connectivity index (χ0v) is 32.4. The molecule has 8 rings (SSSR count). The summed E-state index contributed by atoms with van der Waals surface area (Å²) in [6.45, 7) is 9.89. The summed E-state index contributed by atoms with van der Waals surface area (Å²) in [6, 6.07) is 31.3. The van der Waals surface area contributed by atoms with E-state index in [-0.39, 0.29) is 17.2 Å². The van der Waals surface area contributed by atoms with Gasteiger partial charge in [-0.3, -0.25) is 5.10 Å². The number of rotatable bonds is 10. The third-order valence-corrected chi connectivity index (χ3v) is 12.1. The molecule has 1 N–H and O–H groups in total. The van der Waals surface area contributed by atoms with Crippen LogP contribution in [0.15, 0.2) is 83.4 Å². The molecule has 6 aromatic rings. The van der Waals surface area contributed by atoms with E-state index in [0.717, 1.165) is 91.7 Å². The van der Waals surface area contributed by atoms with Gasteiger partial charge in [0.25, 0.3) is 0 Å². The number of nitrogens with zero attached hydrogens (tertiary/aromatic N) is 6. The zero-order valence-electron chi connectivity index (χ0n) is 32.4. The molecular weight excluding hydrogens is 686 g/mol. The largest absolute Gasteiger partial charge is 0.361 e. The summed E-state index contributed by atoms with van der Waals surface area (Å²) >= 11 is 0. The molecule has 276 valence electrons. The molecule has 4 aromatic carbocycles. The van der Waals surface area contributed by atoms with Crippen LogP contribution in [0.25, 0.3) is 22.3 Å². The minimum absolute atomic E-state index is 0.0623. The Kier molecular flexibility index (Phi) is 8.65. The van der Waals surface area contributed by atoms with Gasteiger partial charge in [-0.25, -0.2) is 4.39 Å². The van der Waals surface area contributed by atoms with E-state index in [0.29, 0.717) is 24.1 Å². The fourth-order valence-corrected chi connectivity index (χ4v) is 8.52. The molecule has 0 saturated heterocycles. The zero-order chi connectivity index (χ0) is 38.8. The van der Waals surface area contributed by atoms with Crippen LogP contribution in [0.4, 0.5) is 27.1 Å². The van der Waals surface area contributed by atoms with E-state index in [9.17, 15) is 10.5 Å². The van der Waals surface area contributed by atoms with E-state index < -0.39 is 5.41 Å². The molecule has 2 aromatic heterocycles. The molecule has 2 aliphatic carbocycles. The first-order valence-corrected chi connectivity index (χ1v) is 18.8. The second-order valence-corrected chi connectivity index (χ2v) is 15.6. The van der Waals surface area contributed by atoms with Crippen LogP contribution in [0, 0.1) is 69.0 Å². The quantitative estimate of drug-likeness (QED) is 0.149. The van der Waals surface area contributed by atoms with Crippen molar-refractivity contribution in [2.75, 3.05) is 23.9 Å². The highest BCUT2D eigenvalue weighted by Gasteiger charge is 2.57. The lowest BCUT2D eigenvalue weighted by Gasteiger charge is -2.25. The van der Waals surface area contributed by atoms with Gasteiger partial charge in [0.05, 0.1) is 34.4 Å². The molecule has 2 unspecified atom stereocenters. The molecule has 0 bridgehead atoms. The van der Waals surface area contributed by atoms with Gasteiger partial charge < -0.3 is 14.3 Å². The Morgan fingerprint density at radius 2 is 1.47 bits per heavy atom. The second-order valence-electron chi connectivity index (χ2n) is 15.6. The van der Waals surface area contributed by atoms with Crippen LogP contribution in [0.2, 0.25) is 0 Å². The third kappa shape index (κ3) is 6.05. The number of aromatic amines is 1. The van der Waals surface area contributed by atoms with Crippen LogP contribution >= 0.6 is 0 Å². The monoisotopic (exact) mass is 729 g/mol. The molecule has 9 heteroatoms. The number of hydrogen-bond acceptors (Lipinski definition) is 7. The Hall–Kier alpha value is -6.19. The van der Waals surface area contributed by atoms with Crippen molar-refractivity contribution in [1.82, 2.24) is 15.4 Å². The molecule has 8 nitrogen and oxygen atoms in total. The van der Waals surface area contributed by atoms with Gasteiger partial charge in [0.1, 0.15) is 11.6 Å². The van der Waals surface area contributed by atoms with E-state index in [4.69, 9.17) is 4.52 Å². The van der Waals surface area contributed by atoms with Gasteiger partial charge in [0, 0.05) is 59.2 Å². The normalized spacial score (nSPS) is 18.0. The Morgan fingerprint density at radius 3 is 2.09 bits per heavy atom. The smallest absolute Gasteiger partial charge is 0.141 e. The van der Waals surface area contributed by atoms with Gasteiger partial charge in [-0.15, -0.1) is 0 Å². The van der Waals surface area contributed by atoms with Crippen molar-refractivity contribution in [2.45, 2.75) is 71.1 Å². The first kappa shape index (κ1) is 35.8. The fraction of sp³-hybridized carbons (Fsp3) is 0.304. The van der Waals surface area contributed by atoms with Crippen molar-refractivity contribution in [2.24, 2.45) is 5.92 Å². The molecule has 0 radical (unpaired) electrons. The molecule has 2 saturated carbocycles. The number of hydrogen-bond donors (Lipinski definition) is 1. The van der Waals surface area contributed by atoms with E-state index in [1.165, 1.54) is 0 Å². The maximum atomic E-state index is 16.3. The SMILES string of the molecule is Cc1ccc(-c2c(C)noc2C)cc1N(C)c1ccc(C2(C#N)CC2Cc2ccc(-c3c(C)n[nH]c3C)cc2N(C)c2ccc(C3(C#N)CC3)cc2)c(F)c1. The lowest BCUT2D eigenvalue weighted by molar-refractivity contribution is 0.393. The van der Waals surface area contributed by atoms with E-state index in [2.05, 4.69) is 100 Å². The van der Waals surface area contributed by atoms with Gasteiger partial charge in [-0.1, -0.05) is 47.6 Å². The van der Waals surface area contributed by atoms with Crippen molar-refractivity contribution in [3.8, 4) is 34.4 Å². The summed E-state index contributed by atoms with van der Waals surface area (Å²) in [5, 5.41) is 32.1. The minimum atomic E-state index is -0.926. The summed E-state index contributed by atoms with van der Waals surface area (Å²) in [5.41, 5.74) is 12.8. The van der Waals surface area contributed by atoms with E-state index in [1.807, 2.05) is 52.6 Å². The summed E-state index contributed by atoms with van der Waals surface area (Å²) in [4.78, 5) is 4.15. The standard InChI is InChI=1S/C46H44FN7O/c1-27-8-9-34(44-30(4)52-55-31(44)5)21-41(27)54(7)38-16-17-39(40(47)23-38)46(26-49)24-36(46)20-32-10-11-33(43-28(2)50-51-29(43)3)22-42(32)53(6)37-14-12-35(13-15-37)45(25-48)18-19-45/h8-17,21-23,36H,18-20,24H2,1-7H3,(H,50,51). The maximum Gasteiger partial charge on any atom is 0.141 e. The highest BCUT2D eigenvalue weighted by molar-refractivity contribution is 5.78. The number of halogens is 1. The van der Waals surface area contributed by atoms with Gasteiger partial charge in [-0.2, -0.15) is 15.6 Å². The second kappa shape index (κ2) is 13.3. The Morgan fingerprint density at radius 1 is 0.800 bits per heavy atom. The summed E-state index contributed by atoms with van der Waals surface area (Å²) < 4.78 is 21.7. The van der Waals surface area contributed by atoms with Crippen molar-refractivity contribution in [3.63, 3.8) is 0 Å². The highest BCUT2D eigenvalue weighted by Crippen LogP contribution is 2.57. The Labute approximate surface area is 321 Å². The predicted molar refractivity (Wildman–Crippen MR) is 214 cm³/mol. The van der Waals surface area contributed by atoms with Crippen molar-refractivity contribution in [1.29, 1.82) is 10.5 Å². The fourth-order valence-electron chi connectivity index (χ4n) is 8.52. The molecule has 2 fully saturated rings. The Balaban J connectivity index is 1.09. The molecule has 0 aliphatic heterocycles. The number of H-pyrrole nitrogens is 1. The van der Waals surface area contributed by atoms with Crippen molar-refractivity contribution >= 4 is 22.7 Å². The number of nitrogens with one attached hydrogen (secondary N) is 1. The average Bonchev–Trinajstić information content (AvgIpc) is 4.08. The number of aryl methyl sites for hydroxylation is 5. The first-order valence-electron chi connectivity index (χ1n) is 18.8. The first-order chi connectivity index (χ1) is 26.4. The van der Waals surface area contributed by atoms with Gasteiger partial charge in [0.15, 0.2) is 0 Å². The number of nitriles is 2. The summed E-state index contributed by atoms with van der Waals surface area (Å²) in [6.07, 6.45) is 2.98. The molecule has 55 heavy (non-hydrogen) atoms. The third-order valence-electron chi connectivity index (χ3n) is 12.1. The Bertz CT molecular complexity index is 2510. The van der Waals surface area contributed by atoms with Crippen molar-refractivity contribution in [3.05, 3.63) is 130 Å². The van der Waals surface area contributed by atoms with Crippen LogP contribution in [-0.4, -0.2) is 29.4 Å². The lowest BCUT2D eigenvalue weighted by Crippen LogP contribution is -2.16. The molecule has 0 amide bonds. The predicted octanol–water partition coefficient (Wildman–Crippen LogP) is 10.5. The molecule has 2 atom stereocenters. The topological polar surface area (TPSA) is 109 Å².